The van der Waals surface area contributed by atoms with Gasteiger partial charge in [0, 0.05) is 19.8 Å². The first-order valence-electron chi connectivity index (χ1n) is 6.61. The van der Waals surface area contributed by atoms with E-state index in [1.165, 1.54) is 5.56 Å². The molecule has 1 rings (SSSR count). The van der Waals surface area contributed by atoms with Crippen LogP contribution in [-0.4, -0.2) is 34.2 Å². The first-order chi connectivity index (χ1) is 9.17. The van der Waals surface area contributed by atoms with Crippen LogP contribution in [0.1, 0.15) is 30.5 Å². The molecular weight excluding hydrogens is 242 g/mol. The van der Waals surface area contributed by atoms with Crippen molar-refractivity contribution < 1.29 is 14.2 Å². The second-order valence-corrected chi connectivity index (χ2v) is 4.52. The monoisotopic (exact) mass is 267 g/mol. The van der Waals surface area contributed by atoms with E-state index >= 15 is 0 Å². The normalized spacial score (nSPS) is 12.7. The quantitative estimate of drug-likeness (QED) is 0.735. The van der Waals surface area contributed by atoms with Crippen LogP contribution in [0, 0.1) is 6.92 Å². The van der Waals surface area contributed by atoms with Crippen molar-refractivity contribution in [1.82, 2.24) is 5.32 Å². The molecule has 1 unspecified atom stereocenters. The number of benzene rings is 1. The molecule has 1 aromatic carbocycles. The molecule has 0 aliphatic heterocycles. The third-order valence-corrected chi connectivity index (χ3v) is 3.07. The van der Waals surface area contributed by atoms with Crippen LogP contribution in [-0.2, 0) is 9.47 Å². The van der Waals surface area contributed by atoms with Crippen LogP contribution in [0.3, 0.4) is 0 Å². The molecule has 0 spiro atoms. The second-order valence-electron chi connectivity index (χ2n) is 4.52. The molecular formula is C15H25NO3. The van der Waals surface area contributed by atoms with E-state index in [4.69, 9.17) is 14.2 Å². The van der Waals surface area contributed by atoms with Crippen LogP contribution >= 0.6 is 0 Å². The molecule has 0 aliphatic carbocycles. The van der Waals surface area contributed by atoms with Gasteiger partial charge < -0.3 is 19.5 Å². The summed E-state index contributed by atoms with van der Waals surface area (Å²) in [6, 6.07) is 6.07. The maximum atomic E-state index is 5.45. The number of hydrogen-bond acceptors (Lipinski definition) is 4. The predicted octanol–water partition coefficient (Wildman–Crippen LogP) is 2.66. The number of aryl methyl sites for hydroxylation is 1. The average Bonchev–Trinajstić information content (AvgIpc) is 2.43. The van der Waals surface area contributed by atoms with Crippen molar-refractivity contribution in [3.63, 3.8) is 0 Å². The Kier molecular flexibility index (Phi) is 6.84. The van der Waals surface area contributed by atoms with Gasteiger partial charge in [-0.25, -0.2) is 0 Å². The second kappa shape index (κ2) is 8.15. The first kappa shape index (κ1) is 16.0. The van der Waals surface area contributed by atoms with Crippen molar-refractivity contribution in [2.75, 3.05) is 27.9 Å². The number of ether oxygens (including phenoxy) is 3. The Morgan fingerprint density at radius 2 is 1.84 bits per heavy atom. The number of nitrogens with one attached hydrogen (secondary N) is 1. The van der Waals surface area contributed by atoms with Gasteiger partial charge in [-0.3, -0.25) is 0 Å². The molecule has 1 N–H and O–H groups in total. The van der Waals surface area contributed by atoms with Gasteiger partial charge in [-0.15, -0.1) is 0 Å². The van der Waals surface area contributed by atoms with Gasteiger partial charge in [0.1, 0.15) is 5.75 Å². The summed E-state index contributed by atoms with van der Waals surface area (Å²) in [5.74, 6) is 0.846. The zero-order valence-electron chi connectivity index (χ0n) is 12.5. The molecule has 4 nitrogen and oxygen atoms in total. The summed E-state index contributed by atoms with van der Waals surface area (Å²) in [6.45, 7) is 5.09. The lowest BCUT2D eigenvalue weighted by molar-refractivity contribution is -0.124. The van der Waals surface area contributed by atoms with Crippen molar-refractivity contribution in [3.05, 3.63) is 29.3 Å². The summed E-state index contributed by atoms with van der Waals surface area (Å²) in [7, 11) is 4.98. The largest absolute Gasteiger partial charge is 0.496 e. The van der Waals surface area contributed by atoms with Gasteiger partial charge in [0.2, 0.25) is 0 Å². The van der Waals surface area contributed by atoms with Gasteiger partial charge in [0.15, 0.2) is 6.29 Å². The van der Waals surface area contributed by atoms with Gasteiger partial charge in [-0.1, -0.05) is 24.6 Å². The van der Waals surface area contributed by atoms with E-state index in [1.807, 2.05) is 12.1 Å². The summed E-state index contributed by atoms with van der Waals surface area (Å²) in [6.07, 6.45) is 0.701. The van der Waals surface area contributed by atoms with Gasteiger partial charge >= 0.3 is 0 Å². The van der Waals surface area contributed by atoms with Crippen molar-refractivity contribution in [3.8, 4) is 5.75 Å². The smallest absolute Gasteiger partial charge is 0.176 e. The van der Waals surface area contributed by atoms with Crippen LogP contribution in [0.4, 0.5) is 0 Å². The maximum absolute atomic E-state index is 5.45. The van der Waals surface area contributed by atoms with E-state index in [0.29, 0.717) is 0 Å². The molecule has 1 aromatic rings. The Morgan fingerprint density at radius 1 is 1.16 bits per heavy atom. The van der Waals surface area contributed by atoms with Crippen LogP contribution in [0.5, 0.6) is 5.75 Å². The minimum absolute atomic E-state index is 0.0511. The Labute approximate surface area is 116 Å². The molecule has 0 saturated carbocycles. The standard InChI is InChI=1S/C15H25NO3/c1-6-9-16-14(15(18-4)19-5)12-10-11(2)7-8-13(12)17-3/h7-8,10,14-16H,6,9H2,1-5H3. The van der Waals surface area contributed by atoms with Crippen LogP contribution in [0.15, 0.2) is 18.2 Å². The molecule has 0 radical (unpaired) electrons. The number of rotatable bonds is 8. The zero-order valence-corrected chi connectivity index (χ0v) is 12.5. The summed E-state index contributed by atoms with van der Waals surface area (Å²) in [5, 5.41) is 3.46. The van der Waals surface area contributed by atoms with Gasteiger partial charge in [-0.2, -0.15) is 0 Å². The van der Waals surface area contributed by atoms with E-state index in [2.05, 4.69) is 25.2 Å². The lowest BCUT2D eigenvalue weighted by Crippen LogP contribution is -2.35. The van der Waals surface area contributed by atoms with E-state index < -0.39 is 0 Å². The molecule has 108 valence electrons. The van der Waals surface area contributed by atoms with Crippen LogP contribution < -0.4 is 10.1 Å². The molecule has 1 atom stereocenters. The fourth-order valence-corrected chi connectivity index (χ4v) is 2.12. The molecule has 4 heteroatoms. The highest BCUT2D eigenvalue weighted by atomic mass is 16.7. The third-order valence-electron chi connectivity index (χ3n) is 3.07. The molecule has 0 saturated heterocycles. The summed E-state index contributed by atoms with van der Waals surface area (Å²) in [5.41, 5.74) is 2.25. The molecule has 0 aliphatic rings. The van der Waals surface area contributed by atoms with Crippen molar-refractivity contribution >= 4 is 0 Å². The van der Waals surface area contributed by atoms with Crippen molar-refractivity contribution in [2.45, 2.75) is 32.6 Å². The van der Waals surface area contributed by atoms with Gasteiger partial charge in [0.25, 0.3) is 0 Å². The molecule has 19 heavy (non-hydrogen) atoms. The Bertz CT molecular complexity index is 378. The van der Waals surface area contributed by atoms with E-state index in [9.17, 15) is 0 Å². The highest BCUT2D eigenvalue weighted by molar-refractivity contribution is 5.39. The first-order valence-corrected chi connectivity index (χ1v) is 6.61. The predicted molar refractivity (Wildman–Crippen MR) is 76.6 cm³/mol. The highest BCUT2D eigenvalue weighted by Crippen LogP contribution is 2.29. The Hall–Kier alpha value is -1.10. The van der Waals surface area contributed by atoms with Crippen LogP contribution in [0.2, 0.25) is 0 Å². The summed E-state index contributed by atoms with van der Waals surface area (Å²) < 4.78 is 16.3. The maximum Gasteiger partial charge on any atom is 0.176 e. The number of methoxy groups -OCH3 is 3. The minimum atomic E-state index is -0.345. The SMILES string of the molecule is CCCNC(c1cc(C)ccc1OC)C(OC)OC. The van der Waals surface area contributed by atoms with Gasteiger partial charge in [0.05, 0.1) is 13.2 Å². The van der Waals surface area contributed by atoms with Crippen molar-refractivity contribution in [2.24, 2.45) is 0 Å². The van der Waals surface area contributed by atoms with E-state index in [0.717, 1.165) is 24.3 Å². The minimum Gasteiger partial charge on any atom is -0.496 e. The summed E-state index contributed by atoms with van der Waals surface area (Å²) in [4.78, 5) is 0. The summed E-state index contributed by atoms with van der Waals surface area (Å²) >= 11 is 0. The lowest BCUT2D eigenvalue weighted by atomic mass is 10.0. The van der Waals surface area contributed by atoms with E-state index in [-0.39, 0.29) is 12.3 Å². The molecule has 0 amide bonds. The Balaban J connectivity index is 3.10. The fraction of sp³-hybridized carbons (Fsp3) is 0.600. The van der Waals surface area contributed by atoms with E-state index in [1.54, 1.807) is 21.3 Å². The van der Waals surface area contributed by atoms with Gasteiger partial charge in [-0.05, 0) is 26.0 Å². The molecule has 0 fully saturated rings. The lowest BCUT2D eigenvalue weighted by Gasteiger charge is -2.27. The van der Waals surface area contributed by atoms with Crippen molar-refractivity contribution in [1.29, 1.82) is 0 Å². The Morgan fingerprint density at radius 3 is 2.37 bits per heavy atom. The third kappa shape index (κ3) is 4.20. The fourth-order valence-electron chi connectivity index (χ4n) is 2.12. The highest BCUT2D eigenvalue weighted by Gasteiger charge is 2.25. The molecule has 0 bridgehead atoms. The average molecular weight is 267 g/mol. The zero-order chi connectivity index (χ0) is 14.3. The van der Waals surface area contributed by atoms with Crippen LogP contribution in [0.25, 0.3) is 0 Å². The topological polar surface area (TPSA) is 39.7 Å². The molecule has 0 aromatic heterocycles. The number of hydrogen-bond donors (Lipinski definition) is 1. The molecule has 0 heterocycles.